The van der Waals surface area contributed by atoms with E-state index in [1.807, 2.05) is 6.07 Å². The maximum Gasteiger partial charge on any atom is 0.333 e. The summed E-state index contributed by atoms with van der Waals surface area (Å²) in [6, 6.07) is 3.57. The Morgan fingerprint density at radius 3 is 2.12 bits per heavy atom. The molecular formula is C11H14N2O4. The molecule has 6 heteroatoms. The second-order valence-corrected chi connectivity index (χ2v) is 2.88. The number of carboxylic acids is 1. The van der Waals surface area contributed by atoms with E-state index in [2.05, 4.69) is 11.3 Å². The first-order valence-corrected chi connectivity index (χ1v) is 4.74. The van der Waals surface area contributed by atoms with E-state index in [0.29, 0.717) is 5.57 Å². The van der Waals surface area contributed by atoms with Gasteiger partial charge < -0.3 is 9.84 Å². The highest BCUT2D eigenvalue weighted by Gasteiger charge is 2.00. The zero-order valence-corrected chi connectivity index (χ0v) is 9.60. The standard InChI is InChI=1S/C7H9NO2.C4H5NO2/c1-6(2)7(9)10-5-3-4-8;5-3-1-2-4(6)7/h1,3,5H2,2H3;1-2H2,(H,6,7). The third-order valence-electron chi connectivity index (χ3n) is 1.25. The molecule has 0 aliphatic heterocycles. The monoisotopic (exact) mass is 238 g/mol. The van der Waals surface area contributed by atoms with E-state index in [-0.39, 0.29) is 25.9 Å². The van der Waals surface area contributed by atoms with Gasteiger partial charge in [-0.15, -0.1) is 0 Å². The molecule has 0 bridgehead atoms. The van der Waals surface area contributed by atoms with Crippen molar-refractivity contribution in [1.82, 2.24) is 0 Å². The molecule has 0 fully saturated rings. The number of carboxylic acid groups (broad SMARTS) is 1. The average Bonchev–Trinajstić information content (AvgIpc) is 2.27. The van der Waals surface area contributed by atoms with Gasteiger partial charge >= 0.3 is 11.9 Å². The first kappa shape index (κ1) is 17.1. The highest BCUT2D eigenvalue weighted by atomic mass is 16.5. The van der Waals surface area contributed by atoms with Gasteiger partial charge in [-0.25, -0.2) is 4.79 Å². The highest BCUT2D eigenvalue weighted by Crippen LogP contribution is 1.92. The predicted octanol–water partition coefficient (Wildman–Crippen LogP) is 1.39. The molecule has 0 aromatic carbocycles. The summed E-state index contributed by atoms with van der Waals surface area (Å²) in [5.74, 6) is -1.35. The summed E-state index contributed by atoms with van der Waals surface area (Å²) in [6.07, 6.45) is 0.296. The fourth-order valence-electron chi connectivity index (χ4n) is 0.475. The number of ether oxygens (including phenoxy) is 1. The molecular weight excluding hydrogens is 224 g/mol. The first-order valence-electron chi connectivity index (χ1n) is 4.74. The molecule has 0 aliphatic rings. The lowest BCUT2D eigenvalue weighted by atomic mass is 10.3. The fraction of sp³-hybridized carbons (Fsp3) is 0.455. The summed E-state index contributed by atoms with van der Waals surface area (Å²) in [5.41, 5.74) is 0.359. The van der Waals surface area contributed by atoms with Gasteiger partial charge in [0.1, 0.15) is 6.61 Å². The van der Waals surface area contributed by atoms with Crippen molar-refractivity contribution in [1.29, 1.82) is 10.5 Å². The topological polar surface area (TPSA) is 111 Å². The molecule has 0 saturated carbocycles. The van der Waals surface area contributed by atoms with Crippen LogP contribution in [0.25, 0.3) is 0 Å². The minimum atomic E-state index is -0.915. The zero-order valence-electron chi connectivity index (χ0n) is 9.60. The molecule has 0 spiro atoms. The number of hydrogen-bond acceptors (Lipinski definition) is 5. The van der Waals surface area contributed by atoms with Crippen LogP contribution < -0.4 is 0 Å². The smallest absolute Gasteiger partial charge is 0.333 e. The quantitative estimate of drug-likeness (QED) is 0.440. The predicted molar refractivity (Wildman–Crippen MR) is 58.5 cm³/mol. The van der Waals surface area contributed by atoms with Crippen LogP contribution in [-0.4, -0.2) is 23.7 Å². The molecule has 0 rings (SSSR count). The lowest BCUT2D eigenvalue weighted by Crippen LogP contribution is -2.05. The molecule has 0 aromatic heterocycles. The molecule has 17 heavy (non-hydrogen) atoms. The van der Waals surface area contributed by atoms with Crippen LogP contribution in [0.2, 0.25) is 0 Å². The average molecular weight is 238 g/mol. The summed E-state index contributed by atoms with van der Waals surface area (Å²) in [5, 5.41) is 23.7. The largest absolute Gasteiger partial charge is 0.481 e. The Morgan fingerprint density at radius 2 is 1.82 bits per heavy atom. The minimum absolute atomic E-state index is 0.0451. The normalized spacial score (nSPS) is 7.71. The number of aliphatic carboxylic acids is 1. The summed E-state index contributed by atoms with van der Waals surface area (Å²) < 4.78 is 4.58. The SMILES string of the molecule is C=C(C)C(=O)OCCC#N.N#CCCC(=O)O. The second-order valence-electron chi connectivity index (χ2n) is 2.88. The highest BCUT2D eigenvalue weighted by molar-refractivity contribution is 5.86. The number of rotatable bonds is 5. The van der Waals surface area contributed by atoms with E-state index in [0.717, 1.165) is 0 Å². The van der Waals surface area contributed by atoms with Crippen molar-refractivity contribution in [3.05, 3.63) is 12.2 Å². The number of carbonyl (C=O) groups is 2. The fourth-order valence-corrected chi connectivity index (χ4v) is 0.475. The summed E-state index contributed by atoms with van der Waals surface area (Å²) in [6.45, 7) is 5.10. The van der Waals surface area contributed by atoms with Crippen molar-refractivity contribution in [3.63, 3.8) is 0 Å². The lowest BCUT2D eigenvalue weighted by molar-refractivity contribution is -0.139. The van der Waals surface area contributed by atoms with Crippen molar-refractivity contribution >= 4 is 11.9 Å². The number of carbonyl (C=O) groups excluding carboxylic acids is 1. The van der Waals surface area contributed by atoms with E-state index in [1.165, 1.54) is 0 Å². The van der Waals surface area contributed by atoms with Gasteiger partial charge in [-0.2, -0.15) is 10.5 Å². The Kier molecular flexibility index (Phi) is 11.8. The molecule has 0 aromatic rings. The molecule has 0 aliphatic carbocycles. The number of nitriles is 2. The third-order valence-corrected chi connectivity index (χ3v) is 1.25. The van der Waals surface area contributed by atoms with Crippen molar-refractivity contribution in [3.8, 4) is 12.1 Å². The number of hydrogen-bond donors (Lipinski definition) is 1. The van der Waals surface area contributed by atoms with E-state index < -0.39 is 11.9 Å². The molecule has 1 N–H and O–H groups in total. The van der Waals surface area contributed by atoms with E-state index in [9.17, 15) is 9.59 Å². The number of esters is 1. The van der Waals surface area contributed by atoms with Crippen molar-refractivity contribution < 1.29 is 19.4 Å². The van der Waals surface area contributed by atoms with Gasteiger partial charge in [0.2, 0.25) is 0 Å². The maximum atomic E-state index is 10.6. The third kappa shape index (κ3) is 16.3. The van der Waals surface area contributed by atoms with Gasteiger partial charge in [-0.3, -0.25) is 4.79 Å². The van der Waals surface area contributed by atoms with Gasteiger partial charge in [0, 0.05) is 12.0 Å². The molecule has 6 nitrogen and oxygen atoms in total. The van der Waals surface area contributed by atoms with Crippen LogP contribution in [0, 0.1) is 22.7 Å². The first-order chi connectivity index (χ1) is 7.95. The van der Waals surface area contributed by atoms with E-state index in [4.69, 9.17) is 15.6 Å². The van der Waals surface area contributed by atoms with Gasteiger partial charge in [0.25, 0.3) is 0 Å². The molecule has 0 radical (unpaired) electrons. The minimum Gasteiger partial charge on any atom is -0.481 e. The van der Waals surface area contributed by atoms with Gasteiger partial charge in [0.15, 0.2) is 0 Å². The molecule has 0 atom stereocenters. The molecule has 0 heterocycles. The van der Waals surface area contributed by atoms with Crippen molar-refractivity contribution in [2.45, 2.75) is 26.2 Å². The van der Waals surface area contributed by atoms with Crippen LogP contribution in [0.4, 0.5) is 0 Å². The van der Waals surface area contributed by atoms with E-state index in [1.54, 1.807) is 13.0 Å². The Balaban J connectivity index is 0. The van der Waals surface area contributed by atoms with Crippen molar-refractivity contribution in [2.75, 3.05) is 6.61 Å². The Hall–Kier alpha value is -2.34. The molecule has 92 valence electrons. The van der Waals surface area contributed by atoms with Gasteiger partial charge in [-0.05, 0) is 6.92 Å². The van der Waals surface area contributed by atoms with Gasteiger partial charge in [-0.1, -0.05) is 6.58 Å². The van der Waals surface area contributed by atoms with E-state index >= 15 is 0 Å². The maximum absolute atomic E-state index is 10.6. The van der Waals surface area contributed by atoms with Crippen LogP contribution in [-0.2, 0) is 14.3 Å². The summed E-state index contributed by atoms with van der Waals surface area (Å²) in [7, 11) is 0. The molecule has 0 unspecified atom stereocenters. The molecule has 0 amide bonds. The number of nitrogens with zero attached hydrogens (tertiary/aromatic N) is 2. The summed E-state index contributed by atoms with van der Waals surface area (Å²) >= 11 is 0. The van der Waals surface area contributed by atoms with Crippen LogP contribution in [0.15, 0.2) is 12.2 Å². The van der Waals surface area contributed by atoms with Crippen LogP contribution >= 0.6 is 0 Å². The zero-order chi connectivity index (χ0) is 13.7. The van der Waals surface area contributed by atoms with Crippen LogP contribution in [0.1, 0.15) is 26.2 Å². The van der Waals surface area contributed by atoms with Crippen LogP contribution in [0.3, 0.4) is 0 Å². The Labute approximate surface area is 99.7 Å². The summed E-state index contributed by atoms with van der Waals surface area (Å²) in [4.78, 5) is 20.2. The van der Waals surface area contributed by atoms with Crippen molar-refractivity contribution in [2.24, 2.45) is 0 Å². The Morgan fingerprint density at radius 1 is 1.29 bits per heavy atom. The lowest BCUT2D eigenvalue weighted by Gasteiger charge is -1.98. The van der Waals surface area contributed by atoms with Crippen LogP contribution in [0.5, 0.6) is 0 Å². The second kappa shape index (κ2) is 11.7. The molecule has 0 saturated heterocycles. The van der Waals surface area contributed by atoms with Gasteiger partial charge in [0.05, 0.1) is 25.0 Å². The Bertz CT molecular complexity index is 349.